The Morgan fingerprint density at radius 3 is 1.86 bits per heavy atom. The van der Waals surface area contributed by atoms with Gasteiger partial charge in [-0.05, 0) is 83.9 Å². The van der Waals surface area contributed by atoms with Gasteiger partial charge in [0, 0.05) is 35.6 Å². The van der Waals surface area contributed by atoms with E-state index in [9.17, 15) is 0 Å². The summed E-state index contributed by atoms with van der Waals surface area (Å²) >= 11 is 0. The number of aromatic nitrogens is 4. The molecule has 10 nitrogen and oxygen atoms in total. The van der Waals surface area contributed by atoms with Crippen LogP contribution in [0.1, 0.15) is 0 Å². The Kier molecular flexibility index (Phi) is 5.63. The van der Waals surface area contributed by atoms with Crippen molar-refractivity contribution >= 4 is 45.4 Å². The lowest BCUT2D eigenvalue weighted by molar-refractivity contribution is 0.642. The number of rotatable bonds is 4. The number of fused-ring (bicyclic) bond motifs is 2. The monoisotopic (exact) mass is 552 g/mol. The Labute approximate surface area is 241 Å². The predicted molar refractivity (Wildman–Crippen MR) is 169 cm³/mol. The summed E-state index contributed by atoms with van der Waals surface area (Å²) in [4.78, 5) is 27.9. The summed E-state index contributed by atoms with van der Waals surface area (Å²) < 4.78 is 0. The van der Waals surface area contributed by atoms with Crippen LogP contribution in [0.3, 0.4) is 0 Å². The summed E-state index contributed by atoms with van der Waals surface area (Å²) in [6.45, 7) is 3.26. The summed E-state index contributed by atoms with van der Waals surface area (Å²) in [5, 5.41) is 6.76. The average Bonchev–Trinajstić information content (AvgIpc) is 3.83. The van der Waals surface area contributed by atoms with E-state index in [0.717, 1.165) is 105 Å². The molecular weight excluding hydrogens is 524 g/mol. The van der Waals surface area contributed by atoms with E-state index in [1.165, 1.54) is 0 Å². The van der Waals surface area contributed by atoms with Gasteiger partial charge in [-0.1, -0.05) is 12.1 Å². The fourth-order valence-corrected chi connectivity index (χ4v) is 5.45. The van der Waals surface area contributed by atoms with Gasteiger partial charge < -0.3 is 26.3 Å². The molecule has 6 aromatic rings. The molecule has 0 atom stereocenters. The second kappa shape index (κ2) is 9.77. The van der Waals surface area contributed by atoms with Gasteiger partial charge in [-0.15, -0.1) is 0 Å². The Hall–Kier alpha value is -5.64. The molecule has 0 bridgehead atoms. The predicted octanol–water partition coefficient (Wildman–Crippen LogP) is 5.07. The molecule has 0 aliphatic carbocycles. The highest BCUT2D eigenvalue weighted by Crippen LogP contribution is 2.30. The molecule has 0 unspecified atom stereocenters. The van der Waals surface area contributed by atoms with Gasteiger partial charge in [0.2, 0.25) is 11.9 Å². The minimum absolute atomic E-state index is 0.734. The van der Waals surface area contributed by atoms with E-state index in [0.29, 0.717) is 0 Å². The minimum atomic E-state index is 0.734. The van der Waals surface area contributed by atoms with E-state index in [-0.39, 0.29) is 0 Å². The smallest absolute Gasteiger partial charge is 0.205 e. The van der Waals surface area contributed by atoms with E-state index in [1.54, 1.807) is 0 Å². The number of benzene rings is 4. The SMILES string of the molecule is Nc1ccc(-c2nc3cc(-c4ccc5[nH]c(-c6ccc(NC7=NCCN7C7=NCCN7)cc6)nc5c4)ccc3[nH]2)cc1. The minimum Gasteiger partial charge on any atom is -0.399 e. The number of hydrogen-bond donors (Lipinski definition) is 5. The summed E-state index contributed by atoms with van der Waals surface area (Å²) in [6.07, 6.45) is 0. The van der Waals surface area contributed by atoms with E-state index in [4.69, 9.17) is 15.7 Å². The summed E-state index contributed by atoms with van der Waals surface area (Å²) in [6, 6.07) is 28.6. The van der Waals surface area contributed by atoms with Crippen LogP contribution in [0.5, 0.6) is 0 Å². The van der Waals surface area contributed by atoms with Gasteiger partial charge in [0.25, 0.3) is 0 Å². The van der Waals surface area contributed by atoms with Crippen LogP contribution in [-0.2, 0) is 0 Å². The number of aliphatic imine (C=N–C) groups is 2. The lowest BCUT2D eigenvalue weighted by Gasteiger charge is -2.20. The van der Waals surface area contributed by atoms with Crippen LogP contribution in [-0.4, -0.2) is 62.9 Å². The first kappa shape index (κ1) is 24.2. The number of anilines is 2. The number of aromatic amines is 2. The van der Waals surface area contributed by atoms with E-state index < -0.39 is 0 Å². The molecule has 0 radical (unpaired) electrons. The van der Waals surface area contributed by atoms with Crippen LogP contribution in [0.15, 0.2) is 94.9 Å². The standard InChI is InChI=1S/C32H28N10/c33-23-7-1-19(2-8-23)29-38-25-11-5-21(17-27(25)40-29)22-6-12-26-28(18-22)41-30(39-26)20-3-9-24(10-4-20)37-32-36-15-16-42(32)31-34-13-14-35-31/h1-12,17-18H,13-16,33H2,(H,34,35)(H,36,37)(H,38,40)(H,39,41). The van der Waals surface area contributed by atoms with Gasteiger partial charge in [0.05, 0.1) is 35.2 Å². The van der Waals surface area contributed by atoms with E-state index in [2.05, 4.69) is 96.1 Å². The van der Waals surface area contributed by atoms with Crippen LogP contribution in [0, 0.1) is 0 Å². The number of imidazole rings is 2. The number of hydrogen-bond acceptors (Lipinski definition) is 8. The van der Waals surface area contributed by atoms with Crippen LogP contribution in [0.25, 0.3) is 56.0 Å². The molecular formula is C32H28N10. The van der Waals surface area contributed by atoms with Crippen molar-refractivity contribution in [2.24, 2.45) is 9.98 Å². The van der Waals surface area contributed by atoms with E-state index >= 15 is 0 Å². The fourth-order valence-electron chi connectivity index (χ4n) is 5.45. The Morgan fingerprint density at radius 2 is 1.26 bits per heavy atom. The molecule has 10 heteroatoms. The summed E-state index contributed by atoms with van der Waals surface area (Å²) in [5.41, 5.74) is 15.5. The lowest BCUT2D eigenvalue weighted by atomic mass is 10.0. The topological polar surface area (TPSA) is 135 Å². The fraction of sp³-hybridized carbons (Fsp3) is 0.125. The number of nitrogens with one attached hydrogen (secondary N) is 4. The van der Waals surface area contributed by atoms with E-state index in [1.807, 2.05) is 24.3 Å². The van der Waals surface area contributed by atoms with Crippen molar-refractivity contribution in [3.05, 3.63) is 84.9 Å². The first-order chi connectivity index (χ1) is 20.7. The zero-order valence-electron chi connectivity index (χ0n) is 22.7. The van der Waals surface area contributed by atoms with Crippen molar-refractivity contribution in [2.45, 2.75) is 0 Å². The van der Waals surface area contributed by atoms with Gasteiger partial charge in [-0.2, -0.15) is 0 Å². The number of nitrogen functional groups attached to an aromatic ring is 1. The second-order valence-electron chi connectivity index (χ2n) is 10.4. The molecule has 0 amide bonds. The number of nitrogens with two attached hydrogens (primary N) is 1. The molecule has 4 heterocycles. The van der Waals surface area contributed by atoms with Crippen molar-refractivity contribution in [3.8, 4) is 33.9 Å². The third kappa shape index (κ3) is 4.39. The lowest BCUT2D eigenvalue weighted by Crippen LogP contribution is -2.43. The highest BCUT2D eigenvalue weighted by Gasteiger charge is 2.23. The van der Waals surface area contributed by atoms with Crippen molar-refractivity contribution < 1.29 is 0 Å². The van der Waals surface area contributed by atoms with Crippen molar-refractivity contribution in [1.29, 1.82) is 0 Å². The van der Waals surface area contributed by atoms with Crippen molar-refractivity contribution in [3.63, 3.8) is 0 Å². The van der Waals surface area contributed by atoms with Crippen molar-refractivity contribution in [2.75, 3.05) is 37.2 Å². The number of H-pyrrole nitrogens is 2. The van der Waals surface area contributed by atoms with Gasteiger partial charge in [0.1, 0.15) is 11.6 Å². The summed E-state index contributed by atoms with van der Waals surface area (Å²) in [5.74, 6) is 3.37. The molecule has 8 rings (SSSR count). The highest BCUT2D eigenvalue weighted by molar-refractivity contribution is 6.06. The first-order valence-corrected chi connectivity index (χ1v) is 14.0. The molecule has 2 aliphatic heterocycles. The Balaban J connectivity index is 1.02. The van der Waals surface area contributed by atoms with Crippen molar-refractivity contribution in [1.82, 2.24) is 30.2 Å². The van der Waals surface area contributed by atoms with Crippen LogP contribution in [0.4, 0.5) is 11.4 Å². The highest BCUT2D eigenvalue weighted by atomic mass is 15.4. The zero-order chi connectivity index (χ0) is 28.0. The first-order valence-electron chi connectivity index (χ1n) is 14.0. The Bertz CT molecular complexity index is 2000. The quantitative estimate of drug-likeness (QED) is 0.194. The molecule has 0 fully saturated rings. The normalized spacial score (nSPS) is 14.8. The number of guanidine groups is 2. The largest absolute Gasteiger partial charge is 0.399 e. The molecule has 0 saturated heterocycles. The van der Waals surface area contributed by atoms with Crippen LogP contribution in [0.2, 0.25) is 0 Å². The Morgan fingerprint density at radius 1 is 0.667 bits per heavy atom. The molecule has 0 spiro atoms. The molecule has 6 N–H and O–H groups in total. The second-order valence-corrected chi connectivity index (χ2v) is 10.4. The zero-order valence-corrected chi connectivity index (χ0v) is 22.7. The molecule has 0 saturated carbocycles. The van der Waals surface area contributed by atoms with Crippen LogP contribution < -0.4 is 16.4 Å². The van der Waals surface area contributed by atoms with Gasteiger partial charge in [-0.3, -0.25) is 14.9 Å². The third-order valence-electron chi connectivity index (χ3n) is 7.65. The number of nitrogens with zero attached hydrogens (tertiary/aromatic N) is 5. The maximum atomic E-state index is 5.84. The maximum absolute atomic E-state index is 5.84. The maximum Gasteiger partial charge on any atom is 0.205 e. The van der Waals surface area contributed by atoms with Crippen LogP contribution >= 0.6 is 0 Å². The molecule has 42 heavy (non-hydrogen) atoms. The molecule has 206 valence electrons. The molecule has 4 aromatic carbocycles. The average molecular weight is 553 g/mol. The summed E-state index contributed by atoms with van der Waals surface area (Å²) in [7, 11) is 0. The third-order valence-corrected chi connectivity index (χ3v) is 7.65. The molecule has 2 aromatic heterocycles. The van der Waals surface area contributed by atoms with Gasteiger partial charge in [-0.25, -0.2) is 9.97 Å². The van der Waals surface area contributed by atoms with Gasteiger partial charge >= 0.3 is 0 Å². The van der Waals surface area contributed by atoms with Gasteiger partial charge in [0.15, 0.2) is 0 Å². The molecule has 2 aliphatic rings.